The molecule has 0 unspecified atom stereocenters. The highest BCUT2D eigenvalue weighted by Gasteiger charge is 2.14. The number of hydrogen-bond acceptors (Lipinski definition) is 4. The average Bonchev–Trinajstić information content (AvgIpc) is 2.41. The zero-order valence-electron chi connectivity index (χ0n) is 10.6. The molecule has 0 fully saturated rings. The number of rotatable bonds is 4. The standard InChI is InChI=1S/C14H14ClN3O2/c15-10-5-6-17-13(8-10)18-14(20)12(16)7-9-1-3-11(19)4-2-9/h1-6,8,12,19H,7,16H2,(H,17,18,20)/t12-/m1/s1. The molecule has 2 aromatic rings. The Hall–Kier alpha value is -2.11. The number of carbonyl (C=O) groups excluding carboxylic acids is 1. The SMILES string of the molecule is N[C@H](Cc1ccc(O)cc1)C(=O)Nc1cc(Cl)ccn1. The van der Waals surface area contributed by atoms with Gasteiger partial charge in [0, 0.05) is 11.2 Å². The topological polar surface area (TPSA) is 88.2 Å². The van der Waals surface area contributed by atoms with Crippen LogP contribution in [-0.2, 0) is 11.2 Å². The normalized spacial score (nSPS) is 11.9. The number of nitrogens with two attached hydrogens (primary N) is 1. The molecule has 2 rings (SSSR count). The van der Waals surface area contributed by atoms with Crippen LogP contribution in [-0.4, -0.2) is 22.0 Å². The van der Waals surface area contributed by atoms with Gasteiger partial charge in [-0.15, -0.1) is 0 Å². The Balaban J connectivity index is 1.96. The fraction of sp³-hybridized carbons (Fsp3) is 0.143. The lowest BCUT2D eigenvalue weighted by atomic mass is 10.1. The van der Waals surface area contributed by atoms with Gasteiger partial charge in [-0.25, -0.2) is 4.98 Å². The Labute approximate surface area is 121 Å². The van der Waals surface area contributed by atoms with Gasteiger partial charge in [-0.3, -0.25) is 4.79 Å². The number of aromatic hydroxyl groups is 1. The van der Waals surface area contributed by atoms with Crippen molar-refractivity contribution in [2.75, 3.05) is 5.32 Å². The number of halogens is 1. The minimum absolute atomic E-state index is 0.176. The molecule has 1 aromatic carbocycles. The molecule has 0 aliphatic rings. The van der Waals surface area contributed by atoms with Crippen molar-refractivity contribution in [3.05, 3.63) is 53.2 Å². The number of carbonyl (C=O) groups is 1. The number of nitrogens with zero attached hydrogens (tertiary/aromatic N) is 1. The number of nitrogens with one attached hydrogen (secondary N) is 1. The van der Waals surface area contributed by atoms with Crippen LogP contribution < -0.4 is 11.1 Å². The summed E-state index contributed by atoms with van der Waals surface area (Å²) in [6, 6.07) is 9.01. The predicted octanol–water partition coefficient (Wildman–Crippen LogP) is 1.95. The maximum atomic E-state index is 11.9. The van der Waals surface area contributed by atoms with Gasteiger partial charge in [0.1, 0.15) is 11.6 Å². The van der Waals surface area contributed by atoms with Gasteiger partial charge in [-0.1, -0.05) is 23.7 Å². The van der Waals surface area contributed by atoms with E-state index in [1.54, 1.807) is 36.4 Å². The van der Waals surface area contributed by atoms with Crippen LogP contribution in [0, 0.1) is 0 Å². The summed E-state index contributed by atoms with van der Waals surface area (Å²) in [7, 11) is 0. The number of phenols is 1. The Bertz CT molecular complexity index is 602. The first kappa shape index (κ1) is 14.3. The van der Waals surface area contributed by atoms with Crippen molar-refractivity contribution >= 4 is 23.3 Å². The number of anilines is 1. The van der Waals surface area contributed by atoms with Gasteiger partial charge in [0.05, 0.1) is 6.04 Å². The second-order valence-corrected chi connectivity index (χ2v) is 4.76. The molecule has 0 spiro atoms. The van der Waals surface area contributed by atoms with Crippen molar-refractivity contribution in [3.63, 3.8) is 0 Å². The molecule has 1 amide bonds. The van der Waals surface area contributed by atoms with Crippen LogP contribution in [0.5, 0.6) is 5.75 Å². The largest absolute Gasteiger partial charge is 0.508 e. The minimum atomic E-state index is -0.708. The number of phenolic OH excluding ortho intramolecular Hbond substituents is 1. The molecule has 0 saturated heterocycles. The van der Waals surface area contributed by atoms with E-state index in [0.29, 0.717) is 17.3 Å². The second-order valence-electron chi connectivity index (χ2n) is 4.33. The lowest BCUT2D eigenvalue weighted by molar-refractivity contribution is -0.117. The van der Waals surface area contributed by atoms with Crippen molar-refractivity contribution in [2.45, 2.75) is 12.5 Å². The summed E-state index contributed by atoms with van der Waals surface area (Å²) in [5, 5.41) is 12.3. The van der Waals surface area contributed by atoms with E-state index in [-0.39, 0.29) is 11.7 Å². The molecule has 1 heterocycles. The fourth-order valence-corrected chi connectivity index (χ4v) is 1.83. The summed E-state index contributed by atoms with van der Waals surface area (Å²) in [4.78, 5) is 15.9. The van der Waals surface area contributed by atoms with Crippen LogP contribution >= 0.6 is 11.6 Å². The Morgan fingerprint density at radius 2 is 2.05 bits per heavy atom. The quantitative estimate of drug-likeness (QED) is 0.803. The molecule has 104 valence electrons. The molecule has 20 heavy (non-hydrogen) atoms. The van der Waals surface area contributed by atoms with Crippen LogP contribution in [0.1, 0.15) is 5.56 Å². The van der Waals surface area contributed by atoms with Crippen molar-refractivity contribution < 1.29 is 9.90 Å². The van der Waals surface area contributed by atoms with E-state index < -0.39 is 6.04 Å². The number of aromatic nitrogens is 1. The molecule has 4 N–H and O–H groups in total. The van der Waals surface area contributed by atoms with E-state index in [1.165, 1.54) is 6.20 Å². The van der Waals surface area contributed by atoms with Gasteiger partial charge in [0.15, 0.2) is 0 Å². The van der Waals surface area contributed by atoms with Gasteiger partial charge in [0.2, 0.25) is 5.91 Å². The monoisotopic (exact) mass is 291 g/mol. The molecule has 0 radical (unpaired) electrons. The highest BCUT2D eigenvalue weighted by molar-refractivity contribution is 6.30. The summed E-state index contributed by atoms with van der Waals surface area (Å²) in [5.41, 5.74) is 6.70. The molecule has 1 atom stereocenters. The third kappa shape index (κ3) is 3.94. The molecule has 1 aromatic heterocycles. The highest BCUT2D eigenvalue weighted by atomic mass is 35.5. The maximum Gasteiger partial charge on any atom is 0.242 e. The van der Waals surface area contributed by atoms with E-state index in [9.17, 15) is 9.90 Å². The lowest BCUT2D eigenvalue weighted by Crippen LogP contribution is -2.37. The second kappa shape index (κ2) is 6.36. The van der Waals surface area contributed by atoms with Crippen LogP contribution in [0.4, 0.5) is 5.82 Å². The molecular weight excluding hydrogens is 278 g/mol. The third-order valence-corrected chi connectivity index (χ3v) is 2.94. The highest BCUT2D eigenvalue weighted by Crippen LogP contribution is 2.13. The molecule has 6 heteroatoms. The van der Waals surface area contributed by atoms with E-state index in [0.717, 1.165) is 5.56 Å². The van der Waals surface area contributed by atoms with Crippen LogP contribution in [0.15, 0.2) is 42.6 Å². The van der Waals surface area contributed by atoms with Gasteiger partial charge in [-0.05, 0) is 36.2 Å². The summed E-state index contributed by atoms with van der Waals surface area (Å²) >= 11 is 5.81. The van der Waals surface area contributed by atoms with Crippen molar-refractivity contribution in [2.24, 2.45) is 5.73 Å². The van der Waals surface area contributed by atoms with E-state index in [1.807, 2.05) is 0 Å². The minimum Gasteiger partial charge on any atom is -0.508 e. The van der Waals surface area contributed by atoms with Crippen LogP contribution in [0.2, 0.25) is 5.02 Å². The Morgan fingerprint density at radius 3 is 2.70 bits per heavy atom. The molecule has 5 nitrogen and oxygen atoms in total. The number of pyridine rings is 1. The first-order valence-electron chi connectivity index (χ1n) is 6.00. The van der Waals surface area contributed by atoms with Crippen molar-refractivity contribution in [1.29, 1.82) is 0 Å². The lowest BCUT2D eigenvalue weighted by Gasteiger charge is -2.12. The molecule has 0 aliphatic carbocycles. The van der Waals surface area contributed by atoms with Gasteiger partial charge in [-0.2, -0.15) is 0 Å². The van der Waals surface area contributed by atoms with Crippen LogP contribution in [0.3, 0.4) is 0 Å². The molecular formula is C14H14ClN3O2. The fourth-order valence-electron chi connectivity index (χ4n) is 1.67. The summed E-state index contributed by atoms with van der Waals surface area (Å²) in [5.74, 6) is 0.200. The van der Waals surface area contributed by atoms with Gasteiger partial charge >= 0.3 is 0 Å². The van der Waals surface area contributed by atoms with Gasteiger partial charge < -0.3 is 16.2 Å². The van der Waals surface area contributed by atoms with Crippen LogP contribution in [0.25, 0.3) is 0 Å². The summed E-state index contributed by atoms with van der Waals surface area (Å²) < 4.78 is 0. The average molecular weight is 292 g/mol. The smallest absolute Gasteiger partial charge is 0.242 e. The maximum absolute atomic E-state index is 11.9. The van der Waals surface area contributed by atoms with Crippen molar-refractivity contribution in [1.82, 2.24) is 4.98 Å². The van der Waals surface area contributed by atoms with Gasteiger partial charge in [0.25, 0.3) is 0 Å². The zero-order valence-corrected chi connectivity index (χ0v) is 11.3. The third-order valence-electron chi connectivity index (χ3n) is 2.70. The molecule has 0 aliphatic heterocycles. The van der Waals surface area contributed by atoms with E-state index >= 15 is 0 Å². The molecule has 0 bridgehead atoms. The first-order chi connectivity index (χ1) is 9.54. The number of hydrogen-bond donors (Lipinski definition) is 3. The number of benzene rings is 1. The summed E-state index contributed by atoms with van der Waals surface area (Å²) in [6.07, 6.45) is 1.87. The summed E-state index contributed by atoms with van der Waals surface area (Å²) in [6.45, 7) is 0. The Morgan fingerprint density at radius 1 is 1.35 bits per heavy atom. The predicted molar refractivity (Wildman–Crippen MR) is 77.7 cm³/mol. The molecule has 0 saturated carbocycles. The zero-order chi connectivity index (χ0) is 14.5. The first-order valence-corrected chi connectivity index (χ1v) is 6.38. The van der Waals surface area contributed by atoms with E-state index in [2.05, 4.69) is 10.3 Å². The Kier molecular flexibility index (Phi) is 4.55. The van der Waals surface area contributed by atoms with E-state index in [4.69, 9.17) is 17.3 Å². The number of amides is 1. The van der Waals surface area contributed by atoms with Crippen molar-refractivity contribution in [3.8, 4) is 5.75 Å².